The van der Waals surface area contributed by atoms with Gasteiger partial charge in [-0.15, -0.1) is 0 Å². The van der Waals surface area contributed by atoms with Crippen molar-refractivity contribution in [1.82, 2.24) is 10.3 Å². The van der Waals surface area contributed by atoms with Crippen molar-refractivity contribution in [1.29, 1.82) is 0 Å². The molecule has 0 radical (unpaired) electrons. The van der Waals surface area contributed by atoms with Gasteiger partial charge in [-0.05, 0) is 80.9 Å². The SMILES string of the molecule is CNC(c1ccccn1)C1C2CC3CC(C2)CC1C3. The maximum Gasteiger partial charge on any atom is 0.0576 e. The Morgan fingerprint density at radius 1 is 1.05 bits per heavy atom. The molecule has 1 unspecified atom stereocenters. The van der Waals surface area contributed by atoms with Crippen LogP contribution in [0.5, 0.6) is 0 Å². The lowest BCUT2D eigenvalue weighted by molar-refractivity contribution is -0.0521. The summed E-state index contributed by atoms with van der Waals surface area (Å²) in [6.07, 6.45) is 9.43. The lowest BCUT2D eigenvalue weighted by Gasteiger charge is -2.56. The first-order valence-corrected chi connectivity index (χ1v) is 7.93. The van der Waals surface area contributed by atoms with Crippen molar-refractivity contribution in [3.8, 4) is 0 Å². The predicted molar refractivity (Wildman–Crippen MR) is 76.6 cm³/mol. The number of hydrogen-bond acceptors (Lipinski definition) is 2. The van der Waals surface area contributed by atoms with Gasteiger partial charge in [0.15, 0.2) is 0 Å². The average Bonchev–Trinajstić information content (AvgIpc) is 2.43. The summed E-state index contributed by atoms with van der Waals surface area (Å²) < 4.78 is 0. The van der Waals surface area contributed by atoms with Gasteiger partial charge in [-0.2, -0.15) is 0 Å². The zero-order valence-electron chi connectivity index (χ0n) is 11.8. The van der Waals surface area contributed by atoms with E-state index in [0.717, 1.165) is 29.6 Å². The van der Waals surface area contributed by atoms with Gasteiger partial charge in [0.1, 0.15) is 0 Å². The van der Waals surface area contributed by atoms with Crippen molar-refractivity contribution < 1.29 is 0 Å². The van der Waals surface area contributed by atoms with Gasteiger partial charge >= 0.3 is 0 Å². The Bertz CT molecular complexity index is 414. The Morgan fingerprint density at radius 3 is 2.26 bits per heavy atom. The van der Waals surface area contributed by atoms with Crippen LogP contribution in [0.15, 0.2) is 24.4 Å². The summed E-state index contributed by atoms with van der Waals surface area (Å²) in [5.41, 5.74) is 1.25. The van der Waals surface area contributed by atoms with Crippen LogP contribution in [0.4, 0.5) is 0 Å². The summed E-state index contributed by atoms with van der Waals surface area (Å²) in [5, 5.41) is 3.58. The normalized spacial score (nSPS) is 41.4. The first-order chi connectivity index (χ1) is 9.35. The van der Waals surface area contributed by atoms with E-state index in [1.807, 2.05) is 12.3 Å². The Morgan fingerprint density at radius 2 is 1.74 bits per heavy atom. The Labute approximate surface area is 116 Å². The van der Waals surface area contributed by atoms with Crippen LogP contribution in [-0.2, 0) is 0 Å². The maximum absolute atomic E-state index is 4.62. The van der Waals surface area contributed by atoms with Crippen LogP contribution in [-0.4, -0.2) is 12.0 Å². The lowest BCUT2D eigenvalue weighted by atomic mass is 9.50. The molecule has 1 aromatic rings. The molecule has 1 atom stereocenters. The Balaban J connectivity index is 1.64. The third-order valence-corrected chi connectivity index (χ3v) is 6.00. The summed E-state index contributed by atoms with van der Waals surface area (Å²) in [4.78, 5) is 4.62. The number of rotatable bonds is 3. The van der Waals surface area contributed by atoms with E-state index >= 15 is 0 Å². The van der Waals surface area contributed by atoms with Gasteiger partial charge < -0.3 is 5.32 Å². The van der Waals surface area contributed by atoms with E-state index in [0.29, 0.717) is 6.04 Å². The highest BCUT2D eigenvalue weighted by Gasteiger charge is 2.50. The largest absolute Gasteiger partial charge is 0.311 e. The zero-order valence-corrected chi connectivity index (χ0v) is 11.8. The fourth-order valence-corrected chi connectivity index (χ4v) is 5.61. The Hall–Kier alpha value is -0.890. The quantitative estimate of drug-likeness (QED) is 0.896. The molecule has 4 aliphatic rings. The molecule has 0 saturated heterocycles. The molecule has 4 aliphatic carbocycles. The number of hydrogen-bond donors (Lipinski definition) is 1. The van der Waals surface area contributed by atoms with Gasteiger partial charge in [-0.25, -0.2) is 0 Å². The van der Waals surface area contributed by atoms with E-state index in [4.69, 9.17) is 0 Å². The molecule has 1 N–H and O–H groups in total. The third kappa shape index (κ3) is 1.92. The average molecular weight is 256 g/mol. The molecular weight excluding hydrogens is 232 g/mol. The van der Waals surface area contributed by atoms with E-state index in [1.165, 1.54) is 37.8 Å². The minimum absolute atomic E-state index is 0.469. The molecule has 102 valence electrons. The molecule has 0 amide bonds. The molecule has 4 fully saturated rings. The fourth-order valence-electron chi connectivity index (χ4n) is 5.61. The molecule has 0 aromatic carbocycles. The van der Waals surface area contributed by atoms with Crippen LogP contribution in [0.2, 0.25) is 0 Å². The Kier molecular flexibility index (Phi) is 2.87. The van der Waals surface area contributed by atoms with Crippen LogP contribution in [0.25, 0.3) is 0 Å². The first-order valence-electron chi connectivity index (χ1n) is 7.93. The standard InChI is InChI=1S/C17H24N2/c1-18-17(15-4-2-3-5-19-15)16-13-7-11-6-12(9-13)10-14(16)8-11/h2-5,11-14,16-18H,6-10H2,1H3. The van der Waals surface area contributed by atoms with Crippen LogP contribution >= 0.6 is 0 Å². The van der Waals surface area contributed by atoms with Gasteiger partial charge in [-0.1, -0.05) is 6.07 Å². The second kappa shape index (κ2) is 4.59. The molecule has 1 heterocycles. The second-order valence-corrected chi connectivity index (χ2v) is 7.03. The maximum atomic E-state index is 4.62. The summed E-state index contributed by atoms with van der Waals surface area (Å²) in [6, 6.07) is 6.82. The van der Waals surface area contributed by atoms with E-state index < -0.39 is 0 Å². The second-order valence-electron chi connectivity index (χ2n) is 7.03. The fraction of sp³-hybridized carbons (Fsp3) is 0.706. The van der Waals surface area contributed by atoms with Gasteiger partial charge in [0, 0.05) is 6.20 Å². The number of aromatic nitrogens is 1. The summed E-state index contributed by atoms with van der Waals surface area (Å²) in [7, 11) is 2.12. The van der Waals surface area contributed by atoms with Crippen LogP contribution in [0, 0.1) is 29.6 Å². The smallest absolute Gasteiger partial charge is 0.0576 e. The minimum atomic E-state index is 0.469. The summed E-state index contributed by atoms with van der Waals surface area (Å²) in [5.74, 6) is 4.85. The predicted octanol–water partition coefficient (Wildman–Crippen LogP) is 3.41. The van der Waals surface area contributed by atoms with Crippen LogP contribution in [0.3, 0.4) is 0 Å². The molecule has 0 spiro atoms. The van der Waals surface area contributed by atoms with Gasteiger partial charge in [0.05, 0.1) is 11.7 Å². The first kappa shape index (κ1) is 11.9. The highest BCUT2D eigenvalue weighted by molar-refractivity contribution is 5.13. The van der Waals surface area contributed by atoms with Crippen molar-refractivity contribution >= 4 is 0 Å². The van der Waals surface area contributed by atoms with Crippen LogP contribution in [0.1, 0.15) is 43.8 Å². The van der Waals surface area contributed by atoms with Crippen molar-refractivity contribution in [2.24, 2.45) is 29.6 Å². The van der Waals surface area contributed by atoms with E-state index in [-0.39, 0.29) is 0 Å². The van der Waals surface area contributed by atoms with E-state index in [2.05, 4.69) is 29.5 Å². The lowest BCUT2D eigenvalue weighted by Crippen LogP contribution is -2.49. The van der Waals surface area contributed by atoms with Gasteiger partial charge in [-0.3, -0.25) is 4.98 Å². The van der Waals surface area contributed by atoms with Crippen LogP contribution < -0.4 is 5.32 Å². The van der Waals surface area contributed by atoms with Crippen molar-refractivity contribution in [3.05, 3.63) is 30.1 Å². The molecular formula is C17H24N2. The third-order valence-electron chi connectivity index (χ3n) is 6.00. The molecule has 0 aliphatic heterocycles. The monoisotopic (exact) mass is 256 g/mol. The van der Waals surface area contributed by atoms with E-state index in [1.54, 1.807) is 0 Å². The van der Waals surface area contributed by atoms with Crippen molar-refractivity contribution in [2.75, 3.05) is 7.05 Å². The highest BCUT2D eigenvalue weighted by Crippen LogP contribution is 2.59. The van der Waals surface area contributed by atoms with Crippen molar-refractivity contribution in [3.63, 3.8) is 0 Å². The zero-order chi connectivity index (χ0) is 12.8. The molecule has 19 heavy (non-hydrogen) atoms. The molecule has 2 heteroatoms. The van der Waals surface area contributed by atoms with E-state index in [9.17, 15) is 0 Å². The molecule has 1 aromatic heterocycles. The molecule has 5 rings (SSSR count). The minimum Gasteiger partial charge on any atom is -0.311 e. The number of pyridine rings is 1. The highest BCUT2D eigenvalue weighted by atomic mass is 14.9. The number of nitrogens with one attached hydrogen (secondary N) is 1. The summed E-state index contributed by atoms with van der Waals surface area (Å²) in [6.45, 7) is 0. The summed E-state index contributed by atoms with van der Waals surface area (Å²) >= 11 is 0. The topological polar surface area (TPSA) is 24.9 Å². The number of nitrogens with zero attached hydrogens (tertiary/aromatic N) is 1. The molecule has 4 saturated carbocycles. The van der Waals surface area contributed by atoms with Gasteiger partial charge in [0.25, 0.3) is 0 Å². The van der Waals surface area contributed by atoms with Gasteiger partial charge in [0.2, 0.25) is 0 Å². The molecule has 4 bridgehead atoms. The van der Waals surface area contributed by atoms with Crippen molar-refractivity contribution in [2.45, 2.75) is 38.1 Å². The molecule has 2 nitrogen and oxygen atoms in total.